The maximum Gasteiger partial charge on any atom is 0.150 e. The topological polar surface area (TPSA) is 17.1 Å². The van der Waals surface area contributed by atoms with Gasteiger partial charge in [0, 0.05) is 5.56 Å². The van der Waals surface area contributed by atoms with E-state index >= 15 is 0 Å². The van der Waals surface area contributed by atoms with Crippen LogP contribution in [0, 0.1) is 5.82 Å². The number of hydrogen-bond acceptors (Lipinski definition) is 1. The van der Waals surface area contributed by atoms with Gasteiger partial charge in [-0.15, -0.1) is 0 Å². The molecule has 0 aliphatic carbocycles. The molecule has 0 saturated carbocycles. The molecule has 0 aliphatic heterocycles. The van der Waals surface area contributed by atoms with Crippen LogP contribution in [0.1, 0.15) is 10.4 Å². The van der Waals surface area contributed by atoms with Crippen molar-refractivity contribution in [2.24, 2.45) is 0 Å². The van der Waals surface area contributed by atoms with E-state index in [4.69, 9.17) is 0 Å². The fraction of sp³-hybridized carbons (Fsp3) is 0. The molecular formula is C11H7FO. The van der Waals surface area contributed by atoms with Crippen molar-refractivity contribution in [3.8, 4) is 0 Å². The van der Waals surface area contributed by atoms with Gasteiger partial charge in [0.1, 0.15) is 12.1 Å². The predicted molar refractivity (Wildman–Crippen MR) is 49.3 cm³/mol. The average molecular weight is 174 g/mol. The van der Waals surface area contributed by atoms with Crippen LogP contribution in [-0.4, -0.2) is 6.29 Å². The lowest BCUT2D eigenvalue weighted by Crippen LogP contribution is -1.81. The Morgan fingerprint density at radius 3 is 2.54 bits per heavy atom. The zero-order chi connectivity index (χ0) is 9.26. The van der Waals surface area contributed by atoms with Gasteiger partial charge in [-0.2, -0.15) is 0 Å². The number of carbonyl (C=O) groups is 1. The minimum atomic E-state index is -0.282. The molecule has 0 aromatic heterocycles. The molecule has 0 saturated heterocycles. The van der Waals surface area contributed by atoms with Gasteiger partial charge in [0.2, 0.25) is 0 Å². The smallest absolute Gasteiger partial charge is 0.150 e. The first kappa shape index (κ1) is 7.92. The third kappa shape index (κ3) is 1.43. The van der Waals surface area contributed by atoms with Crippen molar-refractivity contribution in [1.82, 2.24) is 0 Å². The van der Waals surface area contributed by atoms with Gasteiger partial charge in [0.25, 0.3) is 0 Å². The van der Waals surface area contributed by atoms with Crippen LogP contribution in [0.3, 0.4) is 0 Å². The molecule has 2 aromatic carbocycles. The molecule has 0 heterocycles. The largest absolute Gasteiger partial charge is 0.298 e. The van der Waals surface area contributed by atoms with Gasteiger partial charge in [0.05, 0.1) is 0 Å². The van der Waals surface area contributed by atoms with E-state index in [9.17, 15) is 9.18 Å². The van der Waals surface area contributed by atoms with Crippen molar-refractivity contribution in [2.45, 2.75) is 0 Å². The Kier molecular flexibility index (Phi) is 1.81. The maximum absolute atomic E-state index is 12.8. The summed E-state index contributed by atoms with van der Waals surface area (Å²) in [5.41, 5.74) is 0.568. The van der Waals surface area contributed by atoms with E-state index in [2.05, 4.69) is 0 Å². The Balaban J connectivity index is 2.74. The molecule has 0 atom stereocenters. The van der Waals surface area contributed by atoms with E-state index in [1.807, 2.05) is 0 Å². The summed E-state index contributed by atoms with van der Waals surface area (Å²) in [7, 11) is 0. The van der Waals surface area contributed by atoms with E-state index in [1.54, 1.807) is 24.3 Å². The Hall–Kier alpha value is -1.70. The van der Waals surface area contributed by atoms with Gasteiger partial charge in [-0.3, -0.25) is 4.79 Å². The number of carbonyl (C=O) groups excluding carboxylic acids is 1. The molecule has 0 radical (unpaired) electrons. The summed E-state index contributed by atoms with van der Waals surface area (Å²) in [6.45, 7) is 0. The van der Waals surface area contributed by atoms with E-state index in [0.717, 1.165) is 17.1 Å². The van der Waals surface area contributed by atoms with Crippen LogP contribution in [0.15, 0.2) is 36.4 Å². The lowest BCUT2D eigenvalue weighted by Gasteiger charge is -1.97. The first-order valence-electron chi connectivity index (χ1n) is 3.94. The lowest BCUT2D eigenvalue weighted by atomic mass is 10.1. The number of rotatable bonds is 1. The van der Waals surface area contributed by atoms with Crippen molar-refractivity contribution in [1.29, 1.82) is 0 Å². The van der Waals surface area contributed by atoms with Crippen LogP contribution >= 0.6 is 0 Å². The second-order valence-corrected chi connectivity index (χ2v) is 2.87. The first-order valence-corrected chi connectivity index (χ1v) is 3.94. The summed E-state index contributed by atoms with van der Waals surface area (Å²) in [5, 5.41) is 1.69. The summed E-state index contributed by atoms with van der Waals surface area (Å²) in [5.74, 6) is -0.282. The van der Waals surface area contributed by atoms with Gasteiger partial charge in [-0.25, -0.2) is 4.39 Å². The van der Waals surface area contributed by atoms with E-state index in [1.165, 1.54) is 12.1 Å². The van der Waals surface area contributed by atoms with E-state index in [-0.39, 0.29) is 5.82 Å². The summed E-state index contributed by atoms with van der Waals surface area (Å²) < 4.78 is 12.8. The first-order chi connectivity index (χ1) is 6.29. The molecule has 0 amide bonds. The van der Waals surface area contributed by atoms with Crippen LogP contribution in [-0.2, 0) is 0 Å². The molecule has 2 aromatic rings. The minimum absolute atomic E-state index is 0.282. The number of aldehydes is 1. The van der Waals surface area contributed by atoms with Gasteiger partial charge in [0.15, 0.2) is 0 Å². The number of hydrogen-bond donors (Lipinski definition) is 0. The molecule has 2 rings (SSSR count). The van der Waals surface area contributed by atoms with Crippen molar-refractivity contribution in [2.75, 3.05) is 0 Å². The van der Waals surface area contributed by atoms with Crippen LogP contribution in [0.2, 0.25) is 0 Å². The zero-order valence-corrected chi connectivity index (χ0v) is 6.83. The third-order valence-corrected chi connectivity index (χ3v) is 1.96. The summed E-state index contributed by atoms with van der Waals surface area (Å²) >= 11 is 0. The molecule has 0 unspecified atom stereocenters. The lowest BCUT2D eigenvalue weighted by molar-refractivity contribution is 0.112. The highest BCUT2D eigenvalue weighted by Gasteiger charge is 1.96. The van der Waals surface area contributed by atoms with Gasteiger partial charge in [-0.05, 0) is 29.0 Å². The molecule has 0 bridgehead atoms. The molecule has 0 spiro atoms. The summed E-state index contributed by atoms with van der Waals surface area (Å²) in [6.07, 6.45) is 0.754. The fourth-order valence-electron chi connectivity index (χ4n) is 1.31. The number of benzene rings is 2. The number of fused-ring (bicyclic) bond motifs is 1. The second kappa shape index (κ2) is 2.98. The Morgan fingerprint density at radius 1 is 1.00 bits per heavy atom. The van der Waals surface area contributed by atoms with Crippen molar-refractivity contribution in [3.05, 3.63) is 47.8 Å². The van der Waals surface area contributed by atoms with Crippen molar-refractivity contribution >= 4 is 17.1 Å². The Bertz CT molecular complexity index is 463. The fourth-order valence-corrected chi connectivity index (χ4v) is 1.31. The van der Waals surface area contributed by atoms with E-state index in [0.29, 0.717) is 5.56 Å². The highest BCUT2D eigenvalue weighted by atomic mass is 19.1. The van der Waals surface area contributed by atoms with Gasteiger partial charge in [-0.1, -0.05) is 18.2 Å². The highest BCUT2D eigenvalue weighted by Crippen LogP contribution is 2.16. The molecule has 0 N–H and O–H groups in total. The normalized spacial score (nSPS) is 10.2. The molecule has 0 aliphatic rings. The summed E-state index contributed by atoms with van der Waals surface area (Å²) in [4.78, 5) is 10.4. The van der Waals surface area contributed by atoms with Crippen LogP contribution in [0.5, 0.6) is 0 Å². The van der Waals surface area contributed by atoms with Crippen LogP contribution < -0.4 is 0 Å². The van der Waals surface area contributed by atoms with Crippen LogP contribution in [0.4, 0.5) is 4.39 Å². The van der Waals surface area contributed by atoms with Crippen LogP contribution in [0.25, 0.3) is 10.8 Å². The second-order valence-electron chi connectivity index (χ2n) is 2.87. The third-order valence-electron chi connectivity index (χ3n) is 1.96. The minimum Gasteiger partial charge on any atom is -0.298 e. The monoisotopic (exact) mass is 174 g/mol. The quantitative estimate of drug-likeness (QED) is 0.607. The Labute approximate surface area is 74.8 Å². The van der Waals surface area contributed by atoms with Gasteiger partial charge < -0.3 is 0 Å². The molecule has 13 heavy (non-hydrogen) atoms. The molecule has 0 fully saturated rings. The SMILES string of the molecule is O=Cc1ccc2ccc(F)cc2c1. The van der Waals surface area contributed by atoms with Gasteiger partial charge >= 0.3 is 0 Å². The molecule has 1 nitrogen and oxygen atoms in total. The Morgan fingerprint density at radius 2 is 1.77 bits per heavy atom. The molecule has 64 valence electrons. The predicted octanol–water partition coefficient (Wildman–Crippen LogP) is 2.79. The highest BCUT2D eigenvalue weighted by molar-refractivity contribution is 5.88. The number of halogens is 1. The summed E-state index contributed by atoms with van der Waals surface area (Å²) in [6, 6.07) is 9.71. The molecular weight excluding hydrogens is 167 g/mol. The van der Waals surface area contributed by atoms with Crippen molar-refractivity contribution in [3.63, 3.8) is 0 Å². The standard InChI is InChI=1S/C11H7FO/c12-11-4-3-9-2-1-8(7-13)5-10(9)6-11/h1-7H. The average Bonchev–Trinajstić information content (AvgIpc) is 2.16. The zero-order valence-electron chi connectivity index (χ0n) is 6.83. The van der Waals surface area contributed by atoms with Crippen molar-refractivity contribution < 1.29 is 9.18 Å². The maximum atomic E-state index is 12.8. The van der Waals surface area contributed by atoms with E-state index < -0.39 is 0 Å². The molecule has 2 heteroatoms.